The van der Waals surface area contributed by atoms with Crippen molar-refractivity contribution in [2.45, 2.75) is 5.92 Å². The lowest BCUT2D eigenvalue weighted by Crippen LogP contribution is -2.27. The van der Waals surface area contributed by atoms with Crippen molar-refractivity contribution in [3.8, 4) is 11.5 Å². The first-order chi connectivity index (χ1) is 10.6. The SMILES string of the molecule is CNC1=C([N+](=O)[O-])C(c2ccccc2O)c2ccccc2O1. The zero-order valence-corrected chi connectivity index (χ0v) is 11.8. The van der Waals surface area contributed by atoms with Gasteiger partial charge in [0.1, 0.15) is 17.4 Å². The summed E-state index contributed by atoms with van der Waals surface area (Å²) >= 11 is 0. The van der Waals surface area contributed by atoms with Crippen molar-refractivity contribution in [1.29, 1.82) is 0 Å². The lowest BCUT2D eigenvalue weighted by atomic mass is 9.86. The van der Waals surface area contributed by atoms with Crippen LogP contribution in [0.3, 0.4) is 0 Å². The van der Waals surface area contributed by atoms with E-state index in [1.165, 1.54) is 6.07 Å². The standard InChI is InChI=1S/C16H14N2O4/c1-17-16-15(18(20)21)14(10-6-2-4-8-12(10)19)11-7-3-5-9-13(11)22-16/h2-9,14,17,19H,1H3. The number of hydrogen-bond acceptors (Lipinski definition) is 5. The predicted octanol–water partition coefficient (Wildman–Crippen LogP) is 2.58. The minimum Gasteiger partial charge on any atom is -0.508 e. The van der Waals surface area contributed by atoms with Crippen LogP contribution in [0.4, 0.5) is 0 Å². The molecule has 0 aliphatic carbocycles. The molecule has 0 spiro atoms. The molecule has 2 N–H and O–H groups in total. The molecule has 0 aromatic heterocycles. The molecule has 0 bridgehead atoms. The monoisotopic (exact) mass is 298 g/mol. The Balaban J connectivity index is 2.29. The molecule has 6 nitrogen and oxygen atoms in total. The van der Waals surface area contributed by atoms with Gasteiger partial charge in [-0.2, -0.15) is 0 Å². The van der Waals surface area contributed by atoms with Crippen LogP contribution in [0.15, 0.2) is 60.1 Å². The molecule has 2 aromatic carbocycles. The molecule has 0 saturated carbocycles. The molecule has 112 valence electrons. The van der Waals surface area contributed by atoms with E-state index < -0.39 is 10.8 Å². The maximum Gasteiger partial charge on any atom is 0.317 e. The molecule has 2 aromatic rings. The van der Waals surface area contributed by atoms with Gasteiger partial charge in [-0.15, -0.1) is 0 Å². The summed E-state index contributed by atoms with van der Waals surface area (Å²) in [5.41, 5.74) is 0.995. The molecule has 1 aliphatic heterocycles. The van der Waals surface area contributed by atoms with Gasteiger partial charge in [0.25, 0.3) is 5.88 Å². The first-order valence-electron chi connectivity index (χ1n) is 6.74. The van der Waals surface area contributed by atoms with Gasteiger partial charge in [-0.25, -0.2) is 0 Å². The Bertz CT molecular complexity index is 770. The molecular weight excluding hydrogens is 284 g/mol. The summed E-state index contributed by atoms with van der Waals surface area (Å²) in [6, 6.07) is 13.7. The van der Waals surface area contributed by atoms with E-state index in [1.54, 1.807) is 49.5 Å². The average molecular weight is 298 g/mol. The second-order valence-corrected chi connectivity index (χ2v) is 4.85. The van der Waals surface area contributed by atoms with E-state index in [4.69, 9.17) is 4.74 Å². The Morgan fingerprint density at radius 3 is 2.41 bits per heavy atom. The third-order valence-corrected chi connectivity index (χ3v) is 3.62. The van der Waals surface area contributed by atoms with Gasteiger partial charge in [0.15, 0.2) is 0 Å². The van der Waals surface area contributed by atoms with Crippen LogP contribution in [0.5, 0.6) is 11.5 Å². The highest BCUT2D eigenvalue weighted by molar-refractivity contribution is 5.53. The molecule has 0 saturated heterocycles. The summed E-state index contributed by atoms with van der Waals surface area (Å²) in [6.45, 7) is 0. The van der Waals surface area contributed by atoms with E-state index in [9.17, 15) is 15.2 Å². The number of phenols is 1. The molecule has 0 radical (unpaired) electrons. The summed E-state index contributed by atoms with van der Waals surface area (Å²) in [5, 5.41) is 24.4. The van der Waals surface area contributed by atoms with Crippen molar-refractivity contribution in [3.05, 3.63) is 81.4 Å². The third kappa shape index (κ3) is 2.14. The van der Waals surface area contributed by atoms with Crippen LogP contribution in [0.2, 0.25) is 0 Å². The van der Waals surface area contributed by atoms with Gasteiger partial charge in [-0.05, 0) is 12.1 Å². The van der Waals surface area contributed by atoms with Gasteiger partial charge in [0.2, 0.25) is 0 Å². The second kappa shape index (κ2) is 5.40. The normalized spacial score (nSPS) is 16.7. The van der Waals surface area contributed by atoms with Gasteiger partial charge in [-0.3, -0.25) is 10.1 Å². The quantitative estimate of drug-likeness (QED) is 0.672. The number of phenolic OH excluding ortho intramolecular Hbond substituents is 1. The highest BCUT2D eigenvalue weighted by atomic mass is 16.6. The smallest absolute Gasteiger partial charge is 0.317 e. The Morgan fingerprint density at radius 2 is 1.77 bits per heavy atom. The summed E-state index contributed by atoms with van der Waals surface area (Å²) in [6.07, 6.45) is 0. The van der Waals surface area contributed by atoms with E-state index in [2.05, 4.69) is 5.32 Å². The van der Waals surface area contributed by atoms with E-state index in [-0.39, 0.29) is 17.3 Å². The van der Waals surface area contributed by atoms with Crippen LogP contribution in [-0.2, 0) is 0 Å². The van der Waals surface area contributed by atoms with Crippen molar-refractivity contribution in [2.24, 2.45) is 0 Å². The van der Waals surface area contributed by atoms with E-state index in [0.29, 0.717) is 16.9 Å². The van der Waals surface area contributed by atoms with E-state index >= 15 is 0 Å². The maximum absolute atomic E-state index is 11.6. The Labute approximate surface area is 126 Å². The van der Waals surface area contributed by atoms with Crippen LogP contribution < -0.4 is 10.1 Å². The molecule has 3 rings (SSSR count). The van der Waals surface area contributed by atoms with Crippen molar-refractivity contribution in [1.82, 2.24) is 5.32 Å². The Kier molecular flexibility index (Phi) is 3.42. The van der Waals surface area contributed by atoms with Gasteiger partial charge in [0.05, 0.1) is 4.92 Å². The fourth-order valence-corrected chi connectivity index (χ4v) is 2.67. The molecule has 0 fully saturated rings. The lowest BCUT2D eigenvalue weighted by Gasteiger charge is -2.25. The average Bonchev–Trinajstić information content (AvgIpc) is 2.53. The number of aromatic hydroxyl groups is 1. The number of nitrogens with zero attached hydrogens (tertiary/aromatic N) is 1. The van der Waals surface area contributed by atoms with E-state index in [1.807, 2.05) is 0 Å². The molecule has 1 unspecified atom stereocenters. The number of fused-ring (bicyclic) bond motifs is 1. The third-order valence-electron chi connectivity index (χ3n) is 3.62. The summed E-state index contributed by atoms with van der Waals surface area (Å²) in [5.74, 6) is -0.0785. The molecule has 6 heteroatoms. The van der Waals surface area contributed by atoms with Crippen molar-refractivity contribution in [2.75, 3.05) is 7.05 Å². The van der Waals surface area contributed by atoms with Crippen molar-refractivity contribution in [3.63, 3.8) is 0 Å². The Hall–Kier alpha value is -3.02. The first kappa shape index (κ1) is 13.9. The van der Waals surface area contributed by atoms with Crippen molar-refractivity contribution >= 4 is 0 Å². The van der Waals surface area contributed by atoms with Crippen LogP contribution >= 0.6 is 0 Å². The number of nitrogens with one attached hydrogen (secondary N) is 1. The van der Waals surface area contributed by atoms with Gasteiger partial charge >= 0.3 is 5.70 Å². The molecular formula is C16H14N2O4. The molecule has 1 heterocycles. The molecule has 1 aliphatic rings. The van der Waals surface area contributed by atoms with E-state index in [0.717, 1.165) is 0 Å². The number of para-hydroxylation sites is 2. The highest BCUT2D eigenvalue weighted by Gasteiger charge is 2.40. The number of allylic oxidation sites excluding steroid dienone is 1. The van der Waals surface area contributed by atoms with Crippen LogP contribution in [0, 0.1) is 10.1 Å². The maximum atomic E-state index is 11.6. The zero-order chi connectivity index (χ0) is 15.7. The van der Waals surface area contributed by atoms with Gasteiger partial charge < -0.3 is 15.2 Å². The molecule has 1 atom stereocenters. The number of rotatable bonds is 3. The highest BCUT2D eigenvalue weighted by Crippen LogP contribution is 2.44. The van der Waals surface area contributed by atoms with Gasteiger partial charge in [0, 0.05) is 18.2 Å². The number of benzene rings is 2. The fraction of sp³-hybridized carbons (Fsp3) is 0.125. The van der Waals surface area contributed by atoms with Crippen LogP contribution in [-0.4, -0.2) is 17.1 Å². The number of nitro groups is 1. The van der Waals surface area contributed by atoms with Crippen LogP contribution in [0.25, 0.3) is 0 Å². The lowest BCUT2D eigenvalue weighted by molar-refractivity contribution is -0.432. The fourth-order valence-electron chi connectivity index (χ4n) is 2.67. The predicted molar refractivity (Wildman–Crippen MR) is 80.1 cm³/mol. The summed E-state index contributed by atoms with van der Waals surface area (Å²) < 4.78 is 5.59. The minimum absolute atomic E-state index is 0.0130. The first-order valence-corrected chi connectivity index (χ1v) is 6.74. The minimum atomic E-state index is -0.705. The number of hydrogen-bond donors (Lipinski definition) is 2. The largest absolute Gasteiger partial charge is 0.508 e. The zero-order valence-electron chi connectivity index (χ0n) is 11.8. The van der Waals surface area contributed by atoms with Gasteiger partial charge in [-0.1, -0.05) is 36.4 Å². The van der Waals surface area contributed by atoms with Crippen LogP contribution in [0.1, 0.15) is 17.0 Å². The van der Waals surface area contributed by atoms with Crippen molar-refractivity contribution < 1.29 is 14.8 Å². The molecule has 22 heavy (non-hydrogen) atoms. The summed E-state index contributed by atoms with van der Waals surface area (Å²) in [7, 11) is 1.56. The molecule has 0 amide bonds. The number of ether oxygens (including phenoxy) is 1. The summed E-state index contributed by atoms with van der Waals surface area (Å²) in [4.78, 5) is 11.1. The Morgan fingerprint density at radius 1 is 1.14 bits per heavy atom. The topological polar surface area (TPSA) is 84.6 Å². The second-order valence-electron chi connectivity index (χ2n) is 4.85.